The minimum atomic E-state index is 0.429. The Kier molecular flexibility index (Phi) is 7.30. The molecule has 98 valence electrons. The zero-order valence-corrected chi connectivity index (χ0v) is 12.6. The number of hydrogen-bond acceptors (Lipinski definition) is 1. The zero-order valence-electron chi connectivity index (χ0n) is 12.6. The summed E-state index contributed by atoms with van der Waals surface area (Å²) in [5.74, 6) is 2.38. The van der Waals surface area contributed by atoms with Gasteiger partial charge in [-0.3, -0.25) is 0 Å². The molecule has 0 aliphatic carbocycles. The zero-order chi connectivity index (χ0) is 12.8. The lowest BCUT2D eigenvalue weighted by molar-refractivity contribution is 0.206. The smallest absolute Gasteiger partial charge is 0.00154 e. The van der Waals surface area contributed by atoms with E-state index in [1.54, 1.807) is 0 Å². The molecule has 0 rings (SSSR count). The van der Waals surface area contributed by atoms with E-state index in [1.165, 1.54) is 19.4 Å². The first-order valence-electron chi connectivity index (χ1n) is 6.94. The molecule has 1 nitrogen and oxygen atoms in total. The third kappa shape index (κ3) is 8.15. The summed E-state index contributed by atoms with van der Waals surface area (Å²) < 4.78 is 0. The molecule has 0 fully saturated rings. The van der Waals surface area contributed by atoms with Crippen LogP contribution in [0.4, 0.5) is 0 Å². The van der Waals surface area contributed by atoms with Gasteiger partial charge >= 0.3 is 0 Å². The van der Waals surface area contributed by atoms with Gasteiger partial charge in [-0.05, 0) is 42.7 Å². The topological polar surface area (TPSA) is 12.0 Å². The quantitative estimate of drug-likeness (QED) is 0.682. The van der Waals surface area contributed by atoms with E-state index in [0.717, 1.165) is 24.3 Å². The van der Waals surface area contributed by atoms with Crippen molar-refractivity contribution in [2.24, 2.45) is 23.2 Å². The van der Waals surface area contributed by atoms with Gasteiger partial charge in [-0.1, -0.05) is 54.9 Å². The highest BCUT2D eigenvalue weighted by atomic mass is 14.9. The van der Waals surface area contributed by atoms with Crippen molar-refractivity contribution in [2.75, 3.05) is 13.1 Å². The lowest BCUT2D eigenvalue weighted by Crippen LogP contribution is -2.33. The molecular formula is C15H33N. The third-order valence-electron chi connectivity index (χ3n) is 3.26. The fourth-order valence-corrected chi connectivity index (χ4v) is 1.92. The van der Waals surface area contributed by atoms with Crippen LogP contribution in [0.25, 0.3) is 0 Å². The van der Waals surface area contributed by atoms with Crippen molar-refractivity contribution in [2.45, 2.75) is 61.3 Å². The molecule has 16 heavy (non-hydrogen) atoms. The van der Waals surface area contributed by atoms with E-state index >= 15 is 0 Å². The Morgan fingerprint density at radius 3 is 1.75 bits per heavy atom. The van der Waals surface area contributed by atoms with Crippen molar-refractivity contribution in [3.05, 3.63) is 0 Å². The molecule has 0 radical (unpaired) electrons. The first-order chi connectivity index (χ1) is 7.23. The number of hydrogen-bond donors (Lipinski definition) is 1. The van der Waals surface area contributed by atoms with Crippen LogP contribution in [0.5, 0.6) is 0 Å². The number of rotatable bonds is 7. The van der Waals surface area contributed by atoms with Crippen molar-refractivity contribution in [3.63, 3.8) is 0 Å². The highest BCUT2D eigenvalue weighted by molar-refractivity contribution is 4.76. The maximum absolute atomic E-state index is 3.62. The Hall–Kier alpha value is -0.0400. The molecule has 0 aromatic rings. The monoisotopic (exact) mass is 227 g/mol. The summed E-state index contributed by atoms with van der Waals surface area (Å²) >= 11 is 0. The van der Waals surface area contributed by atoms with Gasteiger partial charge in [-0.2, -0.15) is 0 Å². The highest BCUT2D eigenvalue weighted by Crippen LogP contribution is 2.30. The van der Waals surface area contributed by atoms with E-state index in [4.69, 9.17) is 0 Å². The van der Waals surface area contributed by atoms with E-state index < -0.39 is 0 Å². The van der Waals surface area contributed by atoms with Gasteiger partial charge in [-0.25, -0.2) is 0 Å². The van der Waals surface area contributed by atoms with Gasteiger partial charge < -0.3 is 5.32 Å². The van der Waals surface area contributed by atoms with Crippen molar-refractivity contribution in [1.82, 2.24) is 5.32 Å². The van der Waals surface area contributed by atoms with E-state index in [2.05, 4.69) is 53.8 Å². The largest absolute Gasteiger partial charge is 0.316 e. The maximum atomic E-state index is 3.62. The fraction of sp³-hybridized carbons (Fsp3) is 1.00. The summed E-state index contributed by atoms with van der Waals surface area (Å²) in [6, 6.07) is 0. The van der Waals surface area contributed by atoms with Gasteiger partial charge in [-0.15, -0.1) is 0 Å². The van der Waals surface area contributed by atoms with Crippen LogP contribution in [0.1, 0.15) is 61.3 Å². The second-order valence-electron chi connectivity index (χ2n) is 7.09. The molecule has 1 heteroatoms. The standard InChI is InChI=1S/C15H33N/c1-12(2)8-9-14(15(5,6)7)11-16-10-13(3)4/h12-14,16H,8-11H2,1-7H3. The predicted molar refractivity (Wildman–Crippen MR) is 74.7 cm³/mol. The molecule has 0 aromatic carbocycles. The summed E-state index contributed by atoms with van der Waals surface area (Å²) in [7, 11) is 0. The van der Waals surface area contributed by atoms with Crippen molar-refractivity contribution < 1.29 is 0 Å². The van der Waals surface area contributed by atoms with Crippen molar-refractivity contribution >= 4 is 0 Å². The molecule has 0 aliphatic rings. The number of nitrogens with one attached hydrogen (secondary N) is 1. The fourth-order valence-electron chi connectivity index (χ4n) is 1.92. The molecule has 1 unspecified atom stereocenters. The SMILES string of the molecule is CC(C)CCC(CNCC(C)C)C(C)(C)C. The average Bonchev–Trinajstić information content (AvgIpc) is 2.07. The van der Waals surface area contributed by atoms with Crippen LogP contribution in [0.2, 0.25) is 0 Å². The Morgan fingerprint density at radius 1 is 0.812 bits per heavy atom. The molecule has 0 aromatic heterocycles. The Morgan fingerprint density at radius 2 is 1.38 bits per heavy atom. The van der Waals surface area contributed by atoms with Gasteiger partial charge in [0.15, 0.2) is 0 Å². The summed E-state index contributed by atoms with van der Waals surface area (Å²) in [6.45, 7) is 18.6. The van der Waals surface area contributed by atoms with E-state index in [1.807, 2.05) is 0 Å². The summed E-state index contributed by atoms with van der Waals surface area (Å²) in [5.41, 5.74) is 0.429. The van der Waals surface area contributed by atoms with Gasteiger partial charge in [0, 0.05) is 0 Å². The molecule has 0 aliphatic heterocycles. The van der Waals surface area contributed by atoms with Crippen LogP contribution in [0.3, 0.4) is 0 Å². The summed E-state index contributed by atoms with van der Waals surface area (Å²) in [6.07, 6.45) is 2.71. The first kappa shape index (κ1) is 16.0. The molecule has 0 amide bonds. The maximum Gasteiger partial charge on any atom is -0.00154 e. The molecule has 0 spiro atoms. The van der Waals surface area contributed by atoms with Crippen LogP contribution < -0.4 is 5.32 Å². The molecular weight excluding hydrogens is 194 g/mol. The van der Waals surface area contributed by atoms with Gasteiger partial charge in [0.1, 0.15) is 0 Å². The van der Waals surface area contributed by atoms with Crippen LogP contribution >= 0.6 is 0 Å². The first-order valence-corrected chi connectivity index (χ1v) is 6.94. The molecule has 0 saturated carbocycles. The van der Waals surface area contributed by atoms with Crippen molar-refractivity contribution in [3.8, 4) is 0 Å². The highest BCUT2D eigenvalue weighted by Gasteiger charge is 2.23. The molecule has 0 saturated heterocycles. The van der Waals surface area contributed by atoms with Gasteiger partial charge in [0.05, 0.1) is 0 Å². The van der Waals surface area contributed by atoms with E-state index in [9.17, 15) is 0 Å². The average molecular weight is 227 g/mol. The normalized spacial score (nSPS) is 14.8. The van der Waals surface area contributed by atoms with Crippen LogP contribution in [0.15, 0.2) is 0 Å². The minimum Gasteiger partial charge on any atom is -0.316 e. The third-order valence-corrected chi connectivity index (χ3v) is 3.26. The molecule has 0 heterocycles. The van der Waals surface area contributed by atoms with Crippen molar-refractivity contribution in [1.29, 1.82) is 0 Å². The Balaban J connectivity index is 4.02. The Bertz CT molecular complexity index is 165. The van der Waals surface area contributed by atoms with E-state index in [0.29, 0.717) is 5.41 Å². The lowest BCUT2D eigenvalue weighted by Gasteiger charge is -2.32. The second-order valence-corrected chi connectivity index (χ2v) is 7.09. The predicted octanol–water partition coefficient (Wildman–Crippen LogP) is 4.33. The van der Waals surface area contributed by atoms with Crippen LogP contribution in [-0.4, -0.2) is 13.1 Å². The molecule has 0 bridgehead atoms. The van der Waals surface area contributed by atoms with E-state index in [-0.39, 0.29) is 0 Å². The summed E-state index contributed by atoms with van der Waals surface area (Å²) in [5, 5.41) is 3.62. The summed E-state index contributed by atoms with van der Waals surface area (Å²) in [4.78, 5) is 0. The van der Waals surface area contributed by atoms with Crippen LogP contribution in [-0.2, 0) is 0 Å². The van der Waals surface area contributed by atoms with Gasteiger partial charge in [0.2, 0.25) is 0 Å². The molecule has 1 N–H and O–H groups in total. The Labute approximate surface area is 103 Å². The molecule has 1 atom stereocenters. The van der Waals surface area contributed by atoms with Gasteiger partial charge in [0.25, 0.3) is 0 Å². The second kappa shape index (κ2) is 7.32. The minimum absolute atomic E-state index is 0.429. The van der Waals surface area contributed by atoms with Crippen LogP contribution in [0, 0.1) is 23.2 Å². The lowest BCUT2D eigenvalue weighted by atomic mass is 9.77.